The van der Waals surface area contributed by atoms with Crippen molar-refractivity contribution in [3.8, 4) is 11.5 Å². The minimum Gasteiger partial charge on any atom is -0.490 e. The molecular formula is C15H14INO6S. The van der Waals surface area contributed by atoms with Crippen LogP contribution < -0.4 is 9.47 Å². The zero-order valence-corrected chi connectivity index (χ0v) is 15.8. The van der Waals surface area contributed by atoms with Crippen LogP contribution in [0, 0.1) is 3.57 Å². The summed E-state index contributed by atoms with van der Waals surface area (Å²) in [5.41, 5.74) is 0.657. The van der Waals surface area contributed by atoms with Crippen LogP contribution in [0.2, 0.25) is 0 Å². The van der Waals surface area contributed by atoms with Crippen molar-refractivity contribution in [3.63, 3.8) is 0 Å². The monoisotopic (exact) mass is 463 g/mol. The van der Waals surface area contributed by atoms with Gasteiger partial charge in [-0.2, -0.15) is 0 Å². The molecule has 2 rings (SSSR count). The highest BCUT2D eigenvalue weighted by Crippen LogP contribution is 2.37. The zero-order chi connectivity index (χ0) is 17.9. The summed E-state index contributed by atoms with van der Waals surface area (Å²) in [6.45, 7) is 1.68. The van der Waals surface area contributed by atoms with E-state index >= 15 is 0 Å². The summed E-state index contributed by atoms with van der Waals surface area (Å²) in [5, 5.41) is 8.43. The average molecular weight is 463 g/mol. The number of carboxylic acids is 1. The van der Waals surface area contributed by atoms with Crippen LogP contribution >= 0.6 is 34.4 Å². The maximum absolute atomic E-state index is 12.0. The lowest BCUT2D eigenvalue weighted by Crippen LogP contribution is -2.22. The number of aliphatic carboxylic acids is 1. The Balaban J connectivity index is 2.37. The summed E-state index contributed by atoms with van der Waals surface area (Å²) in [5.74, 6) is -0.730. The normalized spacial score (nSPS) is 16.0. The third-order valence-corrected chi connectivity index (χ3v) is 4.72. The van der Waals surface area contributed by atoms with E-state index in [0.29, 0.717) is 32.1 Å². The predicted molar refractivity (Wildman–Crippen MR) is 97.2 cm³/mol. The van der Waals surface area contributed by atoms with E-state index in [9.17, 15) is 14.4 Å². The molecule has 2 amide bonds. The smallest absolute Gasteiger partial charge is 0.341 e. The fourth-order valence-corrected chi connectivity index (χ4v) is 3.51. The summed E-state index contributed by atoms with van der Waals surface area (Å²) in [4.78, 5) is 35.6. The molecule has 1 fully saturated rings. The van der Waals surface area contributed by atoms with Gasteiger partial charge in [-0.25, -0.2) is 4.79 Å². The number of rotatable bonds is 6. The lowest BCUT2D eigenvalue weighted by atomic mass is 10.2. The number of thioether (sulfide) groups is 1. The fraction of sp³-hybridized carbons (Fsp3) is 0.267. The van der Waals surface area contributed by atoms with Crippen molar-refractivity contribution in [1.82, 2.24) is 4.90 Å². The molecule has 1 aromatic carbocycles. The van der Waals surface area contributed by atoms with Crippen molar-refractivity contribution in [3.05, 3.63) is 26.2 Å². The molecule has 1 heterocycles. The van der Waals surface area contributed by atoms with E-state index in [1.807, 2.05) is 22.6 Å². The van der Waals surface area contributed by atoms with Gasteiger partial charge in [0.15, 0.2) is 18.1 Å². The van der Waals surface area contributed by atoms with Crippen molar-refractivity contribution < 1.29 is 29.0 Å². The van der Waals surface area contributed by atoms with Gasteiger partial charge in [-0.3, -0.25) is 14.5 Å². The van der Waals surface area contributed by atoms with E-state index in [1.165, 1.54) is 7.05 Å². The van der Waals surface area contributed by atoms with Crippen molar-refractivity contribution in [2.24, 2.45) is 0 Å². The molecule has 0 bridgehead atoms. The van der Waals surface area contributed by atoms with E-state index in [4.69, 9.17) is 14.6 Å². The van der Waals surface area contributed by atoms with E-state index in [0.717, 1.165) is 16.7 Å². The molecule has 1 aromatic rings. The van der Waals surface area contributed by atoms with E-state index in [1.54, 1.807) is 25.1 Å². The van der Waals surface area contributed by atoms with Gasteiger partial charge in [0.25, 0.3) is 11.1 Å². The molecule has 1 N–H and O–H groups in total. The molecule has 0 saturated carbocycles. The van der Waals surface area contributed by atoms with Crippen LogP contribution in [-0.4, -0.2) is 47.4 Å². The highest BCUT2D eigenvalue weighted by molar-refractivity contribution is 14.1. The Morgan fingerprint density at radius 1 is 1.38 bits per heavy atom. The molecule has 0 spiro atoms. The fourth-order valence-electron chi connectivity index (χ4n) is 1.91. The van der Waals surface area contributed by atoms with Crippen LogP contribution in [0.1, 0.15) is 12.5 Å². The SMILES string of the molecule is CCOc1cc(/C=C2\SC(=O)N(C)C2=O)cc(I)c1OCC(=O)O. The second-order valence-corrected chi connectivity index (χ2v) is 6.84. The van der Waals surface area contributed by atoms with Crippen molar-refractivity contribution >= 4 is 57.5 Å². The second-order valence-electron chi connectivity index (χ2n) is 4.69. The second kappa shape index (κ2) is 7.88. The topological polar surface area (TPSA) is 93.1 Å². The zero-order valence-electron chi connectivity index (χ0n) is 12.9. The number of amides is 2. The summed E-state index contributed by atoms with van der Waals surface area (Å²) in [6, 6.07) is 3.37. The molecule has 0 unspecified atom stereocenters. The van der Waals surface area contributed by atoms with Gasteiger partial charge in [-0.05, 0) is 65.0 Å². The highest BCUT2D eigenvalue weighted by Gasteiger charge is 2.31. The molecule has 0 aliphatic carbocycles. The average Bonchev–Trinajstić information content (AvgIpc) is 2.74. The van der Waals surface area contributed by atoms with Crippen LogP contribution in [0.4, 0.5) is 4.79 Å². The van der Waals surface area contributed by atoms with Crippen LogP contribution in [0.25, 0.3) is 6.08 Å². The van der Waals surface area contributed by atoms with Gasteiger partial charge in [0.05, 0.1) is 15.1 Å². The van der Waals surface area contributed by atoms with Gasteiger partial charge in [0, 0.05) is 7.05 Å². The van der Waals surface area contributed by atoms with Gasteiger partial charge < -0.3 is 14.6 Å². The molecule has 0 radical (unpaired) electrons. The number of ether oxygens (including phenoxy) is 2. The molecule has 9 heteroatoms. The Morgan fingerprint density at radius 2 is 2.08 bits per heavy atom. The van der Waals surface area contributed by atoms with Gasteiger partial charge in [-0.1, -0.05) is 0 Å². The van der Waals surface area contributed by atoms with Gasteiger partial charge in [0.1, 0.15) is 0 Å². The number of imide groups is 1. The minimum absolute atomic E-state index is 0.319. The molecule has 0 atom stereocenters. The number of carboxylic acid groups (broad SMARTS) is 1. The van der Waals surface area contributed by atoms with Crippen LogP contribution in [0.3, 0.4) is 0 Å². The third-order valence-electron chi connectivity index (χ3n) is 2.96. The molecule has 24 heavy (non-hydrogen) atoms. The van der Waals surface area contributed by atoms with Crippen molar-refractivity contribution in [1.29, 1.82) is 0 Å². The largest absolute Gasteiger partial charge is 0.490 e. The van der Waals surface area contributed by atoms with Crippen LogP contribution in [0.15, 0.2) is 17.0 Å². The first-order valence-electron chi connectivity index (χ1n) is 6.86. The molecule has 1 aliphatic rings. The number of hydrogen-bond donors (Lipinski definition) is 1. The summed E-state index contributed by atoms with van der Waals surface area (Å²) in [7, 11) is 1.43. The Labute approximate surface area is 156 Å². The Hall–Kier alpha value is -1.75. The maximum atomic E-state index is 12.0. The van der Waals surface area contributed by atoms with E-state index in [2.05, 4.69) is 0 Å². The van der Waals surface area contributed by atoms with Gasteiger partial charge in [-0.15, -0.1) is 0 Å². The molecule has 128 valence electrons. The van der Waals surface area contributed by atoms with E-state index < -0.39 is 12.6 Å². The quantitative estimate of drug-likeness (QED) is 0.513. The van der Waals surface area contributed by atoms with Crippen molar-refractivity contribution in [2.45, 2.75) is 6.92 Å². The van der Waals surface area contributed by atoms with Crippen LogP contribution in [0.5, 0.6) is 11.5 Å². The standard InChI is InChI=1S/C15H14INO6S/c1-3-22-10-5-8(4-9(16)13(10)23-7-12(18)19)6-11-14(20)17(2)15(21)24-11/h4-6H,3,7H2,1-2H3,(H,18,19)/b11-6-. The number of hydrogen-bond acceptors (Lipinski definition) is 6. The Kier molecular flexibility index (Phi) is 6.10. The number of carbonyl (C=O) groups excluding carboxylic acids is 2. The van der Waals surface area contributed by atoms with E-state index in [-0.39, 0.29) is 11.1 Å². The summed E-state index contributed by atoms with van der Waals surface area (Å²) in [6.07, 6.45) is 1.60. The highest BCUT2D eigenvalue weighted by atomic mass is 127. The first-order chi connectivity index (χ1) is 11.3. The number of likely N-dealkylation sites (N-methyl/N-ethyl adjacent to an activating group) is 1. The first-order valence-corrected chi connectivity index (χ1v) is 8.75. The molecule has 1 saturated heterocycles. The van der Waals surface area contributed by atoms with Gasteiger partial charge in [0.2, 0.25) is 0 Å². The molecule has 0 aromatic heterocycles. The maximum Gasteiger partial charge on any atom is 0.341 e. The number of carbonyl (C=O) groups is 3. The Bertz CT molecular complexity index is 733. The lowest BCUT2D eigenvalue weighted by molar-refractivity contribution is -0.139. The third kappa shape index (κ3) is 4.20. The summed E-state index contributed by atoms with van der Waals surface area (Å²) >= 11 is 2.87. The first kappa shape index (κ1) is 18.6. The Morgan fingerprint density at radius 3 is 2.62 bits per heavy atom. The minimum atomic E-state index is -1.09. The summed E-state index contributed by atoms with van der Waals surface area (Å²) < 4.78 is 11.4. The predicted octanol–water partition coefficient (Wildman–Crippen LogP) is 2.82. The number of halogens is 1. The lowest BCUT2D eigenvalue weighted by Gasteiger charge is -2.13. The van der Waals surface area contributed by atoms with Gasteiger partial charge >= 0.3 is 5.97 Å². The number of benzene rings is 1. The molecule has 7 nitrogen and oxygen atoms in total. The molecule has 1 aliphatic heterocycles. The van der Waals surface area contributed by atoms with Crippen molar-refractivity contribution in [2.75, 3.05) is 20.3 Å². The molecular weight excluding hydrogens is 449 g/mol. The van der Waals surface area contributed by atoms with Crippen LogP contribution in [-0.2, 0) is 9.59 Å². The number of nitrogens with zero attached hydrogens (tertiary/aromatic N) is 1.